The highest BCUT2D eigenvalue weighted by Crippen LogP contribution is 2.29. The van der Waals surface area contributed by atoms with Gasteiger partial charge in [0.05, 0.1) is 25.4 Å². The van der Waals surface area contributed by atoms with E-state index in [0.717, 1.165) is 16.9 Å². The topological polar surface area (TPSA) is 62.6 Å². The summed E-state index contributed by atoms with van der Waals surface area (Å²) in [6, 6.07) is 15.8. The molecule has 4 rings (SSSR count). The van der Waals surface area contributed by atoms with Crippen molar-refractivity contribution in [3.8, 4) is 10.4 Å². The van der Waals surface area contributed by atoms with E-state index >= 15 is 0 Å². The molecule has 0 radical (unpaired) electrons. The fourth-order valence-corrected chi connectivity index (χ4v) is 3.96. The number of nitrogens with zero attached hydrogens (tertiary/aromatic N) is 1. The molecule has 4 nitrogen and oxygen atoms in total. The Morgan fingerprint density at radius 3 is 2.43 bits per heavy atom. The van der Waals surface area contributed by atoms with Gasteiger partial charge in [0.25, 0.3) is 0 Å². The Hall–Kier alpha value is -2.12. The van der Waals surface area contributed by atoms with Crippen molar-refractivity contribution in [2.45, 2.75) is 32.0 Å². The molecule has 1 aromatic carbocycles. The molecular formula is C22H24FNO3S. The normalized spacial score (nSPS) is 19.0. The summed E-state index contributed by atoms with van der Waals surface area (Å²) in [6.07, 6.45) is 2.06. The Morgan fingerprint density at radius 2 is 1.82 bits per heavy atom. The van der Waals surface area contributed by atoms with E-state index in [1.54, 1.807) is 23.6 Å². The molecule has 1 aliphatic heterocycles. The number of ether oxygens (including phenoxy) is 1. The van der Waals surface area contributed by atoms with Crippen molar-refractivity contribution < 1.29 is 19.3 Å². The van der Waals surface area contributed by atoms with Crippen molar-refractivity contribution in [1.29, 1.82) is 0 Å². The molecule has 148 valence electrons. The van der Waals surface area contributed by atoms with Gasteiger partial charge in [0.1, 0.15) is 0 Å². The molecule has 6 heteroatoms. The molecule has 0 amide bonds. The second-order valence-corrected chi connectivity index (χ2v) is 7.99. The third kappa shape index (κ3) is 5.94. The van der Waals surface area contributed by atoms with Crippen molar-refractivity contribution in [3.63, 3.8) is 0 Å². The largest absolute Gasteiger partial charge is 0.391 e. The van der Waals surface area contributed by atoms with Gasteiger partial charge in [-0.3, -0.25) is 0 Å². The number of aliphatic hydroxyl groups is 2. The van der Waals surface area contributed by atoms with E-state index in [9.17, 15) is 4.39 Å². The van der Waals surface area contributed by atoms with E-state index in [4.69, 9.17) is 14.9 Å². The molecular weight excluding hydrogens is 377 g/mol. The number of aromatic nitrogens is 1. The molecule has 0 aliphatic carbocycles. The Labute approximate surface area is 168 Å². The highest BCUT2D eigenvalue weighted by atomic mass is 32.1. The minimum Gasteiger partial charge on any atom is -0.391 e. The van der Waals surface area contributed by atoms with Crippen LogP contribution in [0, 0.1) is 12.9 Å². The fraction of sp³-hybridized carbons (Fsp3) is 0.318. The zero-order valence-electron chi connectivity index (χ0n) is 15.7. The lowest BCUT2D eigenvalue weighted by atomic mass is 10.1. The van der Waals surface area contributed by atoms with Crippen LogP contribution in [0.1, 0.15) is 22.4 Å². The molecule has 1 fully saturated rings. The lowest BCUT2D eigenvalue weighted by Gasteiger charge is -2.21. The van der Waals surface area contributed by atoms with E-state index in [1.165, 1.54) is 22.1 Å². The minimum absolute atomic E-state index is 0.372. The second kappa shape index (κ2) is 9.89. The van der Waals surface area contributed by atoms with Crippen LogP contribution in [-0.4, -0.2) is 40.6 Å². The number of hydrogen-bond donors (Lipinski definition) is 2. The summed E-state index contributed by atoms with van der Waals surface area (Å²) in [5, 5.41) is 17.6. The number of rotatable bonds is 3. The first-order valence-electron chi connectivity index (χ1n) is 9.20. The minimum atomic E-state index is -0.459. The summed E-state index contributed by atoms with van der Waals surface area (Å²) >= 11 is 1.73. The van der Waals surface area contributed by atoms with Gasteiger partial charge in [-0.2, -0.15) is 4.39 Å². The number of hydrogen-bond acceptors (Lipinski definition) is 5. The van der Waals surface area contributed by atoms with E-state index in [0.29, 0.717) is 19.6 Å². The quantitative estimate of drug-likeness (QED) is 0.652. The zero-order chi connectivity index (χ0) is 19.9. The maximum atomic E-state index is 12.8. The van der Waals surface area contributed by atoms with Crippen LogP contribution in [0.15, 0.2) is 54.7 Å². The van der Waals surface area contributed by atoms with Crippen LogP contribution in [0.5, 0.6) is 0 Å². The van der Waals surface area contributed by atoms with E-state index in [1.807, 2.05) is 0 Å². The van der Waals surface area contributed by atoms with Crippen molar-refractivity contribution in [2.75, 3.05) is 13.2 Å². The van der Waals surface area contributed by atoms with Gasteiger partial charge >= 0.3 is 0 Å². The number of halogens is 1. The molecule has 0 saturated carbocycles. The van der Waals surface area contributed by atoms with E-state index in [-0.39, 0.29) is 0 Å². The molecule has 0 spiro atoms. The molecule has 2 N–H and O–H groups in total. The average Bonchev–Trinajstić information content (AvgIpc) is 3.13. The first kappa shape index (κ1) is 20.6. The third-order valence-electron chi connectivity index (χ3n) is 4.46. The van der Waals surface area contributed by atoms with Gasteiger partial charge in [0, 0.05) is 34.4 Å². The smallest absolute Gasteiger partial charge is 0.212 e. The van der Waals surface area contributed by atoms with Crippen molar-refractivity contribution >= 4 is 11.3 Å². The fourth-order valence-electron chi connectivity index (χ4n) is 2.94. The first-order chi connectivity index (χ1) is 13.5. The zero-order valence-corrected chi connectivity index (χ0v) is 16.5. The maximum absolute atomic E-state index is 12.8. The van der Waals surface area contributed by atoms with Gasteiger partial charge in [-0.05, 0) is 42.3 Å². The number of aryl methyl sites for hydroxylation is 1. The summed E-state index contributed by atoms with van der Waals surface area (Å²) < 4.78 is 17.6. The molecule has 3 aromatic rings. The molecule has 2 aromatic heterocycles. The monoisotopic (exact) mass is 401 g/mol. The summed E-state index contributed by atoms with van der Waals surface area (Å²) in [7, 11) is 0. The summed E-state index contributed by atoms with van der Waals surface area (Å²) in [5.41, 5.74) is 3.62. The molecule has 2 atom stereocenters. The molecule has 28 heavy (non-hydrogen) atoms. The van der Waals surface area contributed by atoms with Crippen LogP contribution in [0.3, 0.4) is 0 Å². The van der Waals surface area contributed by atoms with Gasteiger partial charge in [-0.15, -0.1) is 11.3 Å². The van der Waals surface area contributed by atoms with Crippen LogP contribution in [0.4, 0.5) is 4.39 Å². The number of aliphatic hydroxyl groups excluding tert-OH is 2. The Kier molecular flexibility index (Phi) is 7.28. The standard InChI is InChI=1S/C17H14FNS.C5H10O3/c1-12-4-2-3-5-13(12)10-15-7-8-16(20-15)14-6-9-17(18)19-11-14;6-4-1-5(7)3-8-2-4/h2-9,11H,10H2,1H3;4-7H,1-3H2. The maximum Gasteiger partial charge on any atom is 0.212 e. The predicted molar refractivity (Wildman–Crippen MR) is 109 cm³/mol. The van der Waals surface area contributed by atoms with Gasteiger partial charge in [-0.1, -0.05) is 24.3 Å². The molecule has 2 unspecified atom stereocenters. The van der Waals surface area contributed by atoms with Gasteiger partial charge in [0.15, 0.2) is 0 Å². The van der Waals surface area contributed by atoms with Gasteiger partial charge in [0.2, 0.25) is 5.95 Å². The summed E-state index contributed by atoms with van der Waals surface area (Å²) in [6.45, 7) is 2.88. The van der Waals surface area contributed by atoms with Crippen LogP contribution in [0.25, 0.3) is 10.4 Å². The van der Waals surface area contributed by atoms with Crippen LogP contribution in [0.2, 0.25) is 0 Å². The first-order valence-corrected chi connectivity index (χ1v) is 10.0. The number of thiophene rings is 1. The molecule has 3 heterocycles. The predicted octanol–water partition coefficient (Wildman–Crippen LogP) is 3.98. The summed E-state index contributed by atoms with van der Waals surface area (Å²) in [5.74, 6) is -0.439. The SMILES string of the molecule is Cc1ccccc1Cc1ccc(-c2ccc(F)nc2)s1.OC1COCC(O)C1. The van der Waals surface area contributed by atoms with Crippen LogP contribution >= 0.6 is 11.3 Å². The Morgan fingerprint density at radius 1 is 1.07 bits per heavy atom. The Bertz CT molecular complexity index is 873. The molecule has 0 bridgehead atoms. The summed E-state index contributed by atoms with van der Waals surface area (Å²) in [4.78, 5) is 6.13. The van der Waals surface area contributed by atoms with Gasteiger partial charge < -0.3 is 14.9 Å². The van der Waals surface area contributed by atoms with Crippen molar-refractivity contribution in [2.24, 2.45) is 0 Å². The highest BCUT2D eigenvalue weighted by molar-refractivity contribution is 7.15. The lowest BCUT2D eigenvalue weighted by Crippen LogP contribution is -2.32. The molecule has 1 aliphatic rings. The number of pyridine rings is 1. The van der Waals surface area contributed by atoms with Crippen molar-refractivity contribution in [1.82, 2.24) is 4.98 Å². The lowest BCUT2D eigenvalue weighted by molar-refractivity contribution is -0.0714. The van der Waals surface area contributed by atoms with Crippen LogP contribution in [-0.2, 0) is 11.2 Å². The third-order valence-corrected chi connectivity index (χ3v) is 5.60. The van der Waals surface area contributed by atoms with Crippen LogP contribution < -0.4 is 0 Å². The molecule has 1 saturated heterocycles. The number of benzene rings is 1. The average molecular weight is 402 g/mol. The Balaban J connectivity index is 0.000000236. The van der Waals surface area contributed by atoms with E-state index in [2.05, 4.69) is 48.3 Å². The highest BCUT2D eigenvalue weighted by Gasteiger charge is 2.17. The van der Waals surface area contributed by atoms with E-state index < -0.39 is 18.2 Å². The van der Waals surface area contributed by atoms with Crippen molar-refractivity contribution in [3.05, 3.63) is 76.7 Å². The van der Waals surface area contributed by atoms with Gasteiger partial charge in [-0.25, -0.2) is 4.98 Å². The second-order valence-electron chi connectivity index (χ2n) is 6.82.